The first-order valence-electron chi connectivity index (χ1n) is 6.73. The van der Waals surface area contributed by atoms with Crippen LogP contribution in [-0.2, 0) is 4.79 Å². The highest BCUT2D eigenvalue weighted by molar-refractivity contribution is 5.85. The van der Waals surface area contributed by atoms with Gasteiger partial charge in [-0.1, -0.05) is 6.92 Å². The SMILES string of the molecule is COc1ccc(OCCN(C)C(=O)C(C)C(C)N)cc1.Cl. The van der Waals surface area contributed by atoms with Gasteiger partial charge in [-0.15, -0.1) is 12.4 Å². The second-order valence-electron chi connectivity index (χ2n) is 4.93. The van der Waals surface area contributed by atoms with Gasteiger partial charge < -0.3 is 20.1 Å². The first kappa shape index (κ1) is 19.5. The molecule has 2 unspecified atom stereocenters. The topological polar surface area (TPSA) is 64.8 Å². The van der Waals surface area contributed by atoms with Gasteiger partial charge in [0, 0.05) is 13.1 Å². The van der Waals surface area contributed by atoms with Gasteiger partial charge in [-0.3, -0.25) is 4.79 Å². The number of methoxy groups -OCH3 is 1. The first-order chi connectivity index (χ1) is 9.45. The molecule has 0 radical (unpaired) electrons. The van der Waals surface area contributed by atoms with Gasteiger partial charge in [-0.2, -0.15) is 0 Å². The third-order valence-corrected chi connectivity index (χ3v) is 3.31. The van der Waals surface area contributed by atoms with Crippen LogP contribution in [0, 0.1) is 5.92 Å². The normalized spacial score (nSPS) is 12.8. The molecule has 0 fully saturated rings. The van der Waals surface area contributed by atoms with Crippen LogP contribution in [0.4, 0.5) is 0 Å². The van der Waals surface area contributed by atoms with Crippen molar-refractivity contribution >= 4 is 18.3 Å². The maximum atomic E-state index is 12.0. The number of rotatable bonds is 7. The monoisotopic (exact) mass is 316 g/mol. The van der Waals surface area contributed by atoms with E-state index in [0.29, 0.717) is 13.2 Å². The van der Waals surface area contributed by atoms with E-state index >= 15 is 0 Å². The van der Waals surface area contributed by atoms with E-state index in [0.717, 1.165) is 11.5 Å². The molecule has 2 N–H and O–H groups in total. The standard InChI is InChI=1S/C15H24N2O3.ClH/c1-11(12(2)16)15(18)17(3)9-10-20-14-7-5-13(19-4)6-8-14;/h5-8,11-12H,9-10,16H2,1-4H3;1H. The van der Waals surface area contributed by atoms with Crippen LogP contribution < -0.4 is 15.2 Å². The molecule has 0 spiro atoms. The van der Waals surface area contributed by atoms with Crippen molar-refractivity contribution < 1.29 is 14.3 Å². The van der Waals surface area contributed by atoms with Crippen molar-refractivity contribution in [3.63, 3.8) is 0 Å². The Balaban J connectivity index is 0.00000400. The van der Waals surface area contributed by atoms with Crippen molar-refractivity contribution in [1.29, 1.82) is 0 Å². The van der Waals surface area contributed by atoms with E-state index in [4.69, 9.17) is 15.2 Å². The number of nitrogens with two attached hydrogens (primary N) is 1. The van der Waals surface area contributed by atoms with Crippen LogP contribution in [0.5, 0.6) is 11.5 Å². The Kier molecular flexibility index (Phi) is 8.81. The quantitative estimate of drug-likeness (QED) is 0.835. The third-order valence-electron chi connectivity index (χ3n) is 3.31. The lowest BCUT2D eigenvalue weighted by molar-refractivity contribution is -0.134. The van der Waals surface area contributed by atoms with Crippen molar-refractivity contribution in [2.75, 3.05) is 27.3 Å². The molecule has 5 nitrogen and oxygen atoms in total. The highest BCUT2D eigenvalue weighted by Gasteiger charge is 2.20. The lowest BCUT2D eigenvalue weighted by atomic mass is 10.0. The molecular formula is C15H25ClN2O3. The number of hydrogen-bond donors (Lipinski definition) is 1. The van der Waals surface area contributed by atoms with Crippen LogP contribution in [0.25, 0.3) is 0 Å². The van der Waals surface area contributed by atoms with Gasteiger partial charge in [-0.05, 0) is 31.2 Å². The van der Waals surface area contributed by atoms with Gasteiger partial charge >= 0.3 is 0 Å². The van der Waals surface area contributed by atoms with E-state index in [1.54, 1.807) is 19.1 Å². The fourth-order valence-electron chi connectivity index (χ4n) is 1.66. The largest absolute Gasteiger partial charge is 0.497 e. The maximum absolute atomic E-state index is 12.0. The van der Waals surface area contributed by atoms with Gasteiger partial charge in [0.25, 0.3) is 0 Å². The number of ether oxygens (including phenoxy) is 2. The van der Waals surface area contributed by atoms with Crippen LogP contribution in [0.1, 0.15) is 13.8 Å². The second kappa shape index (κ2) is 9.47. The molecule has 0 bridgehead atoms. The maximum Gasteiger partial charge on any atom is 0.226 e. The molecule has 0 heterocycles. The second-order valence-corrected chi connectivity index (χ2v) is 4.93. The summed E-state index contributed by atoms with van der Waals surface area (Å²) in [6.07, 6.45) is 0. The molecule has 0 aromatic heterocycles. The van der Waals surface area contributed by atoms with Gasteiger partial charge in [0.2, 0.25) is 5.91 Å². The average Bonchev–Trinajstić information content (AvgIpc) is 2.46. The summed E-state index contributed by atoms with van der Waals surface area (Å²) in [4.78, 5) is 13.6. The molecule has 21 heavy (non-hydrogen) atoms. The summed E-state index contributed by atoms with van der Waals surface area (Å²) in [5.74, 6) is 1.40. The fourth-order valence-corrected chi connectivity index (χ4v) is 1.66. The summed E-state index contributed by atoms with van der Waals surface area (Å²) in [6, 6.07) is 7.20. The molecule has 0 saturated carbocycles. The van der Waals surface area contributed by atoms with Crippen LogP contribution >= 0.6 is 12.4 Å². The minimum Gasteiger partial charge on any atom is -0.497 e. The lowest BCUT2D eigenvalue weighted by Crippen LogP contribution is -2.41. The summed E-state index contributed by atoms with van der Waals surface area (Å²) in [7, 11) is 3.38. The Labute approximate surface area is 132 Å². The molecule has 1 aromatic carbocycles. The van der Waals surface area contributed by atoms with Crippen LogP contribution in [0.2, 0.25) is 0 Å². The molecule has 6 heteroatoms. The third kappa shape index (κ3) is 6.23. The molecule has 2 atom stereocenters. The Hall–Kier alpha value is -1.46. The fraction of sp³-hybridized carbons (Fsp3) is 0.533. The molecule has 0 saturated heterocycles. The van der Waals surface area contributed by atoms with Gasteiger partial charge in [-0.25, -0.2) is 0 Å². The Morgan fingerprint density at radius 2 is 1.76 bits per heavy atom. The first-order valence-corrected chi connectivity index (χ1v) is 6.73. The predicted molar refractivity (Wildman–Crippen MR) is 86.2 cm³/mol. The molecule has 1 rings (SSSR count). The van der Waals surface area contributed by atoms with E-state index in [1.165, 1.54) is 0 Å². The zero-order chi connectivity index (χ0) is 15.1. The molecule has 0 aliphatic heterocycles. The number of amides is 1. The molecule has 0 aliphatic carbocycles. The van der Waals surface area contributed by atoms with Crippen molar-refractivity contribution in [3.8, 4) is 11.5 Å². The molecular weight excluding hydrogens is 292 g/mol. The number of carbonyl (C=O) groups is 1. The van der Waals surface area contributed by atoms with Crippen LogP contribution in [-0.4, -0.2) is 44.2 Å². The summed E-state index contributed by atoms with van der Waals surface area (Å²) in [5, 5.41) is 0. The summed E-state index contributed by atoms with van der Waals surface area (Å²) in [5.41, 5.74) is 5.73. The summed E-state index contributed by atoms with van der Waals surface area (Å²) < 4.78 is 10.7. The molecule has 1 amide bonds. The van der Waals surface area contributed by atoms with Crippen LogP contribution in [0.3, 0.4) is 0 Å². The van der Waals surface area contributed by atoms with Gasteiger partial charge in [0.1, 0.15) is 18.1 Å². The number of carbonyl (C=O) groups excluding carboxylic acids is 1. The smallest absolute Gasteiger partial charge is 0.226 e. The lowest BCUT2D eigenvalue weighted by Gasteiger charge is -2.23. The zero-order valence-electron chi connectivity index (χ0n) is 13.0. The van der Waals surface area contributed by atoms with E-state index in [1.807, 2.05) is 38.1 Å². The number of benzene rings is 1. The molecule has 1 aromatic rings. The average molecular weight is 317 g/mol. The van der Waals surface area contributed by atoms with Crippen molar-refractivity contribution in [1.82, 2.24) is 4.90 Å². The van der Waals surface area contributed by atoms with Crippen molar-refractivity contribution in [2.24, 2.45) is 11.7 Å². The highest BCUT2D eigenvalue weighted by atomic mass is 35.5. The number of nitrogens with zero attached hydrogens (tertiary/aromatic N) is 1. The minimum absolute atomic E-state index is 0. The van der Waals surface area contributed by atoms with Crippen LogP contribution in [0.15, 0.2) is 24.3 Å². The number of halogens is 1. The van der Waals surface area contributed by atoms with Gasteiger partial charge in [0.15, 0.2) is 0 Å². The minimum atomic E-state index is -0.180. The van der Waals surface area contributed by atoms with Gasteiger partial charge in [0.05, 0.1) is 19.6 Å². The highest BCUT2D eigenvalue weighted by Crippen LogP contribution is 2.16. The number of likely N-dealkylation sites (N-methyl/N-ethyl adjacent to an activating group) is 1. The van der Waals surface area contributed by atoms with E-state index in [-0.39, 0.29) is 30.3 Å². The Bertz CT molecular complexity index is 423. The zero-order valence-corrected chi connectivity index (χ0v) is 13.9. The van der Waals surface area contributed by atoms with E-state index < -0.39 is 0 Å². The van der Waals surface area contributed by atoms with E-state index in [9.17, 15) is 4.79 Å². The van der Waals surface area contributed by atoms with Crippen molar-refractivity contribution in [3.05, 3.63) is 24.3 Å². The van der Waals surface area contributed by atoms with Crippen molar-refractivity contribution in [2.45, 2.75) is 19.9 Å². The Morgan fingerprint density at radius 1 is 1.24 bits per heavy atom. The predicted octanol–water partition coefficient (Wildman–Crippen LogP) is 1.94. The summed E-state index contributed by atoms with van der Waals surface area (Å²) >= 11 is 0. The summed E-state index contributed by atoms with van der Waals surface area (Å²) in [6.45, 7) is 4.65. The molecule has 120 valence electrons. The Morgan fingerprint density at radius 3 is 2.24 bits per heavy atom. The number of hydrogen-bond acceptors (Lipinski definition) is 4. The molecule has 0 aliphatic rings. The van der Waals surface area contributed by atoms with E-state index in [2.05, 4.69) is 0 Å².